The van der Waals surface area contributed by atoms with Crippen LogP contribution >= 0.6 is 0 Å². The largest absolute Gasteiger partial charge is 0.384 e. The molecule has 2 aromatic rings. The first-order chi connectivity index (χ1) is 13.4. The normalized spacial score (nSPS) is 15.1. The van der Waals surface area contributed by atoms with Gasteiger partial charge in [-0.1, -0.05) is 36.4 Å². The molecule has 0 bridgehead atoms. The zero-order valence-electron chi connectivity index (χ0n) is 16.2. The Hall–Kier alpha value is -2.22. The summed E-state index contributed by atoms with van der Waals surface area (Å²) < 4.78 is 33.3. The molecule has 0 fully saturated rings. The van der Waals surface area contributed by atoms with E-state index >= 15 is 0 Å². The number of sulfonamides is 1. The number of nitrogens with one attached hydrogen (secondary N) is 1. The lowest BCUT2D eigenvalue weighted by atomic mass is 10.00. The van der Waals surface area contributed by atoms with Crippen LogP contribution in [0.1, 0.15) is 36.1 Å². The predicted molar refractivity (Wildman–Crippen MR) is 107 cm³/mol. The lowest BCUT2D eigenvalue weighted by Gasteiger charge is -2.29. The Bertz CT molecular complexity index is 929. The van der Waals surface area contributed by atoms with Crippen molar-refractivity contribution in [3.05, 3.63) is 65.2 Å². The van der Waals surface area contributed by atoms with Gasteiger partial charge in [-0.05, 0) is 42.2 Å². The van der Waals surface area contributed by atoms with Gasteiger partial charge in [0.25, 0.3) is 0 Å². The number of carbonyl (C=O) groups is 1. The van der Waals surface area contributed by atoms with E-state index in [1.54, 1.807) is 24.1 Å². The summed E-state index contributed by atoms with van der Waals surface area (Å²) in [7, 11) is -2.05. The maximum Gasteiger partial charge on any atom is 0.241 e. The molecule has 1 unspecified atom stereocenters. The third-order valence-corrected chi connectivity index (χ3v) is 6.54. The Labute approximate surface area is 166 Å². The van der Waals surface area contributed by atoms with Crippen LogP contribution in [-0.2, 0) is 32.5 Å². The number of hydrogen-bond donors (Lipinski definition) is 1. The van der Waals surface area contributed by atoms with E-state index in [1.807, 2.05) is 43.3 Å². The molecule has 150 valence electrons. The van der Waals surface area contributed by atoms with Crippen molar-refractivity contribution in [2.75, 3.05) is 20.3 Å². The van der Waals surface area contributed by atoms with Crippen LogP contribution in [0.3, 0.4) is 0 Å². The summed E-state index contributed by atoms with van der Waals surface area (Å²) in [6.45, 7) is 3.33. The quantitative estimate of drug-likeness (QED) is 0.773. The van der Waals surface area contributed by atoms with Gasteiger partial charge in [0.1, 0.15) is 0 Å². The van der Waals surface area contributed by atoms with E-state index in [0.717, 1.165) is 16.7 Å². The number of ether oxygens (including phenoxy) is 1. The van der Waals surface area contributed by atoms with E-state index in [0.29, 0.717) is 32.5 Å². The molecule has 0 saturated carbocycles. The number of hydrogen-bond acceptors (Lipinski definition) is 4. The van der Waals surface area contributed by atoms with Gasteiger partial charge in [0.05, 0.1) is 17.9 Å². The molecule has 1 N–H and O–H groups in total. The van der Waals surface area contributed by atoms with E-state index in [-0.39, 0.29) is 16.8 Å². The van der Waals surface area contributed by atoms with Crippen LogP contribution in [0.25, 0.3) is 0 Å². The minimum Gasteiger partial charge on any atom is -0.384 e. The average molecular weight is 403 g/mol. The van der Waals surface area contributed by atoms with Crippen LogP contribution in [0, 0.1) is 0 Å². The molecule has 28 heavy (non-hydrogen) atoms. The summed E-state index contributed by atoms with van der Waals surface area (Å²) in [5, 5.41) is 0. The molecule has 1 aliphatic heterocycles. The van der Waals surface area contributed by atoms with Gasteiger partial charge in [-0.3, -0.25) is 4.79 Å². The highest BCUT2D eigenvalue weighted by Crippen LogP contribution is 2.24. The topological polar surface area (TPSA) is 75.7 Å². The van der Waals surface area contributed by atoms with Crippen LogP contribution in [0.5, 0.6) is 0 Å². The SMILES string of the molecule is COCCC(=O)N1CCc2cc(S(=O)(=O)NC(C)c3ccccc3)ccc2C1. The fourth-order valence-electron chi connectivity index (χ4n) is 3.37. The molecule has 0 radical (unpaired) electrons. The van der Waals surface area contributed by atoms with Gasteiger partial charge in [-0.25, -0.2) is 13.1 Å². The summed E-state index contributed by atoms with van der Waals surface area (Å²) in [6, 6.07) is 14.3. The summed E-state index contributed by atoms with van der Waals surface area (Å²) in [4.78, 5) is 14.2. The van der Waals surface area contributed by atoms with Crippen LogP contribution in [0.2, 0.25) is 0 Å². The number of fused-ring (bicyclic) bond motifs is 1. The third kappa shape index (κ3) is 4.79. The van der Waals surface area contributed by atoms with Crippen LogP contribution in [0.4, 0.5) is 0 Å². The van der Waals surface area contributed by atoms with Crippen molar-refractivity contribution in [2.45, 2.75) is 37.2 Å². The van der Waals surface area contributed by atoms with Crippen molar-refractivity contribution in [3.63, 3.8) is 0 Å². The van der Waals surface area contributed by atoms with Crippen LogP contribution < -0.4 is 4.72 Å². The fraction of sp³-hybridized carbons (Fsp3) is 0.381. The molecule has 0 aromatic heterocycles. The maximum atomic E-state index is 12.8. The number of amides is 1. The minimum absolute atomic E-state index is 0.0579. The molecule has 1 atom stereocenters. The molecule has 6 nitrogen and oxygen atoms in total. The van der Waals surface area contributed by atoms with Crippen molar-refractivity contribution < 1.29 is 17.9 Å². The predicted octanol–water partition coefficient (Wildman–Crippen LogP) is 2.65. The summed E-state index contributed by atoms with van der Waals surface area (Å²) in [6.07, 6.45) is 1.01. The van der Waals surface area contributed by atoms with Crippen LogP contribution in [-0.4, -0.2) is 39.5 Å². The molecule has 1 heterocycles. The van der Waals surface area contributed by atoms with Crippen molar-refractivity contribution in [2.24, 2.45) is 0 Å². The second-order valence-corrected chi connectivity index (χ2v) is 8.71. The van der Waals surface area contributed by atoms with E-state index < -0.39 is 10.0 Å². The third-order valence-electron chi connectivity index (χ3n) is 5.00. The lowest BCUT2D eigenvalue weighted by Crippen LogP contribution is -2.36. The number of rotatable bonds is 7. The Morgan fingerprint density at radius 1 is 1.18 bits per heavy atom. The smallest absolute Gasteiger partial charge is 0.241 e. The zero-order valence-corrected chi connectivity index (χ0v) is 17.0. The van der Waals surface area contributed by atoms with E-state index in [9.17, 15) is 13.2 Å². The molecule has 1 aliphatic rings. The number of benzene rings is 2. The van der Waals surface area contributed by atoms with E-state index in [4.69, 9.17) is 4.74 Å². The van der Waals surface area contributed by atoms with Crippen LogP contribution in [0.15, 0.2) is 53.4 Å². The Balaban J connectivity index is 1.72. The van der Waals surface area contributed by atoms with Gasteiger partial charge in [-0.2, -0.15) is 0 Å². The van der Waals surface area contributed by atoms with Crippen molar-refractivity contribution in [1.29, 1.82) is 0 Å². The standard InChI is InChI=1S/C21H26N2O4S/c1-16(17-6-4-3-5-7-17)22-28(25,26)20-9-8-19-15-23(12-10-18(19)14-20)21(24)11-13-27-2/h3-9,14,16,22H,10-13,15H2,1-2H3. The Kier molecular flexibility index (Phi) is 6.49. The minimum atomic E-state index is -3.63. The van der Waals surface area contributed by atoms with E-state index in [1.165, 1.54) is 0 Å². The van der Waals surface area contributed by atoms with E-state index in [2.05, 4.69) is 4.72 Å². The van der Waals surface area contributed by atoms with Gasteiger partial charge < -0.3 is 9.64 Å². The summed E-state index contributed by atoms with van der Waals surface area (Å²) in [5.41, 5.74) is 2.88. The first-order valence-electron chi connectivity index (χ1n) is 9.36. The molecule has 7 heteroatoms. The monoisotopic (exact) mass is 402 g/mol. The van der Waals surface area contributed by atoms with Crippen molar-refractivity contribution in [3.8, 4) is 0 Å². The van der Waals surface area contributed by atoms with Gasteiger partial charge in [0.2, 0.25) is 15.9 Å². The molecule has 0 aliphatic carbocycles. The number of methoxy groups -OCH3 is 1. The fourth-order valence-corrected chi connectivity index (χ4v) is 4.65. The highest BCUT2D eigenvalue weighted by molar-refractivity contribution is 7.89. The molecule has 0 saturated heterocycles. The number of nitrogens with zero attached hydrogens (tertiary/aromatic N) is 1. The Morgan fingerprint density at radius 3 is 2.64 bits per heavy atom. The highest BCUT2D eigenvalue weighted by Gasteiger charge is 2.24. The lowest BCUT2D eigenvalue weighted by molar-refractivity contribution is -0.133. The second-order valence-electron chi connectivity index (χ2n) is 6.99. The maximum absolute atomic E-state index is 12.8. The second kappa shape index (κ2) is 8.86. The van der Waals surface area contributed by atoms with Gasteiger partial charge in [0, 0.05) is 26.2 Å². The van der Waals surface area contributed by atoms with Crippen molar-refractivity contribution >= 4 is 15.9 Å². The number of carbonyl (C=O) groups excluding carboxylic acids is 1. The van der Waals surface area contributed by atoms with Crippen molar-refractivity contribution in [1.82, 2.24) is 9.62 Å². The molecule has 3 rings (SSSR count). The van der Waals surface area contributed by atoms with Gasteiger partial charge in [-0.15, -0.1) is 0 Å². The molecule has 2 aromatic carbocycles. The molecule has 0 spiro atoms. The molecular formula is C21H26N2O4S. The first-order valence-corrected chi connectivity index (χ1v) is 10.8. The molecular weight excluding hydrogens is 376 g/mol. The van der Waals surface area contributed by atoms with Gasteiger partial charge in [0.15, 0.2) is 0 Å². The average Bonchev–Trinajstić information content (AvgIpc) is 2.71. The van der Waals surface area contributed by atoms with Gasteiger partial charge >= 0.3 is 0 Å². The zero-order chi connectivity index (χ0) is 20.1. The first kappa shape index (κ1) is 20.5. The highest BCUT2D eigenvalue weighted by atomic mass is 32.2. The summed E-state index contributed by atoms with van der Waals surface area (Å²) in [5.74, 6) is 0.0579. The Morgan fingerprint density at radius 2 is 1.93 bits per heavy atom. The molecule has 1 amide bonds. The summed E-state index contributed by atoms with van der Waals surface area (Å²) >= 11 is 0.